The smallest absolute Gasteiger partial charge is 0.239 e. The first-order valence-electron chi connectivity index (χ1n) is 6.70. The van der Waals surface area contributed by atoms with E-state index in [1.807, 2.05) is 44.2 Å². The molecule has 0 bridgehead atoms. The van der Waals surface area contributed by atoms with Gasteiger partial charge in [-0.3, -0.25) is 4.79 Å². The van der Waals surface area contributed by atoms with Crippen LogP contribution in [-0.4, -0.2) is 37.0 Å². The van der Waals surface area contributed by atoms with Crippen molar-refractivity contribution in [2.45, 2.75) is 26.3 Å². The van der Waals surface area contributed by atoms with E-state index in [4.69, 9.17) is 10.5 Å². The lowest BCUT2D eigenvalue weighted by atomic mass is 10.0. The van der Waals surface area contributed by atoms with Crippen molar-refractivity contribution in [2.24, 2.45) is 11.7 Å². The molecule has 0 aliphatic carbocycles. The Kier molecular flexibility index (Phi) is 6.36. The molecule has 4 heteroatoms. The zero-order chi connectivity index (χ0) is 14.3. The van der Waals surface area contributed by atoms with Crippen LogP contribution in [0.1, 0.15) is 20.3 Å². The van der Waals surface area contributed by atoms with Crippen molar-refractivity contribution in [3.05, 3.63) is 30.3 Å². The van der Waals surface area contributed by atoms with E-state index in [0.29, 0.717) is 13.2 Å². The van der Waals surface area contributed by atoms with Crippen molar-refractivity contribution in [2.75, 3.05) is 20.2 Å². The average Bonchev–Trinajstić information content (AvgIpc) is 2.42. The number of ether oxygens (including phenoxy) is 1. The van der Waals surface area contributed by atoms with Gasteiger partial charge < -0.3 is 15.4 Å². The van der Waals surface area contributed by atoms with Gasteiger partial charge in [-0.1, -0.05) is 32.0 Å². The lowest BCUT2D eigenvalue weighted by molar-refractivity contribution is -0.132. The Balaban J connectivity index is 2.24. The fourth-order valence-electron chi connectivity index (χ4n) is 1.66. The summed E-state index contributed by atoms with van der Waals surface area (Å²) in [4.78, 5) is 13.6. The summed E-state index contributed by atoms with van der Waals surface area (Å²) in [5.41, 5.74) is 5.83. The van der Waals surface area contributed by atoms with Gasteiger partial charge in [-0.25, -0.2) is 0 Å². The Labute approximate surface area is 115 Å². The predicted molar refractivity (Wildman–Crippen MR) is 77.0 cm³/mol. The van der Waals surface area contributed by atoms with Crippen LogP contribution in [0.2, 0.25) is 0 Å². The molecule has 0 spiro atoms. The molecule has 19 heavy (non-hydrogen) atoms. The van der Waals surface area contributed by atoms with Crippen LogP contribution in [0, 0.1) is 5.92 Å². The Morgan fingerprint density at radius 1 is 1.32 bits per heavy atom. The van der Waals surface area contributed by atoms with Gasteiger partial charge in [-0.15, -0.1) is 0 Å². The first kappa shape index (κ1) is 15.5. The average molecular weight is 264 g/mol. The maximum absolute atomic E-state index is 11.9. The number of nitrogens with zero attached hydrogens (tertiary/aromatic N) is 1. The molecule has 1 aromatic rings. The van der Waals surface area contributed by atoms with Crippen molar-refractivity contribution in [3.63, 3.8) is 0 Å². The summed E-state index contributed by atoms with van der Waals surface area (Å²) in [5.74, 6) is 1.01. The molecule has 0 aliphatic heterocycles. The number of carbonyl (C=O) groups excluding carboxylic acids is 1. The van der Waals surface area contributed by atoms with E-state index in [1.54, 1.807) is 11.9 Å². The lowest BCUT2D eigenvalue weighted by Crippen LogP contribution is -2.45. The molecule has 106 valence electrons. The Morgan fingerprint density at radius 3 is 2.53 bits per heavy atom. The standard InChI is InChI=1S/C15H24N2O2/c1-12(2)14(16)15(18)17(3)10-7-11-19-13-8-5-4-6-9-13/h4-6,8-9,12,14H,7,10-11,16H2,1-3H3/t14-/m1/s1. The molecule has 0 aromatic heterocycles. The van der Waals surface area contributed by atoms with Crippen LogP contribution >= 0.6 is 0 Å². The molecular weight excluding hydrogens is 240 g/mol. The number of hydrogen-bond donors (Lipinski definition) is 1. The summed E-state index contributed by atoms with van der Waals surface area (Å²) < 4.78 is 5.57. The number of para-hydroxylation sites is 1. The summed E-state index contributed by atoms with van der Waals surface area (Å²) in [6.07, 6.45) is 0.794. The van der Waals surface area contributed by atoms with Crippen molar-refractivity contribution in [1.29, 1.82) is 0 Å². The molecule has 0 heterocycles. The largest absolute Gasteiger partial charge is 0.494 e. The molecule has 1 aromatic carbocycles. The fourth-order valence-corrected chi connectivity index (χ4v) is 1.66. The zero-order valence-electron chi connectivity index (χ0n) is 12.0. The normalized spacial score (nSPS) is 12.3. The molecule has 0 aliphatic rings. The molecule has 0 unspecified atom stereocenters. The molecule has 0 saturated heterocycles. The first-order valence-corrected chi connectivity index (χ1v) is 6.70. The van der Waals surface area contributed by atoms with Crippen molar-refractivity contribution in [3.8, 4) is 5.75 Å². The van der Waals surface area contributed by atoms with E-state index in [1.165, 1.54) is 0 Å². The van der Waals surface area contributed by atoms with Crippen LogP contribution in [0.3, 0.4) is 0 Å². The molecule has 0 radical (unpaired) electrons. The Morgan fingerprint density at radius 2 is 1.95 bits per heavy atom. The van der Waals surface area contributed by atoms with E-state index in [0.717, 1.165) is 12.2 Å². The molecule has 1 atom stereocenters. The third-order valence-electron chi connectivity index (χ3n) is 3.03. The second-order valence-electron chi connectivity index (χ2n) is 5.04. The highest BCUT2D eigenvalue weighted by Crippen LogP contribution is 2.08. The second-order valence-corrected chi connectivity index (χ2v) is 5.04. The van der Waals surface area contributed by atoms with Crippen molar-refractivity contribution < 1.29 is 9.53 Å². The van der Waals surface area contributed by atoms with Crippen molar-refractivity contribution in [1.82, 2.24) is 4.90 Å². The number of hydrogen-bond acceptors (Lipinski definition) is 3. The van der Waals surface area contributed by atoms with Gasteiger partial charge in [0.15, 0.2) is 0 Å². The molecule has 0 fully saturated rings. The van der Waals surface area contributed by atoms with Crippen LogP contribution in [0.15, 0.2) is 30.3 Å². The first-order chi connectivity index (χ1) is 9.02. The summed E-state index contributed by atoms with van der Waals surface area (Å²) in [7, 11) is 1.78. The summed E-state index contributed by atoms with van der Waals surface area (Å²) in [6.45, 7) is 5.16. The van der Waals surface area contributed by atoms with E-state index >= 15 is 0 Å². The highest BCUT2D eigenvalue weighted by molar-refractivity contribution is 5.81. The van der Waals surface area contributed by atoms with Gasteiger partial charge in [-0.2, -0.15) is 0 Å². The lowest BCUT2D eigenvalue weighted by Gasteiger charge is -2.23. The molecule has 1 amide bonds. The fraction of sp³-hybridized carbons (Fsp3) is 0.533. The summed E-state index contributed by atoms with van der Waals surface area (Å²) >= 11 is 0. The van der Waals surface area contributed by atoms with E-state index in [-0.39, 0.29) is 11.8 Å². The maximum Gasteiger partial charge on any atom is 0.239 e. The quantitative estimate of drug-likeness (QED) is 0.765. The molecular formula is C15H24N2O2. The number of carbonyl (C=O) groups is 1. The molecule has 0 saturated carbocycles. The van der Waals surface area contributed by atoms with E-state index in [9.17, 15) is 4.79 Å². The van der Waals surface area contributed by atoms with E-state index < -0.39 is 6.04 Å². The highest BCUT2D eigenvalue weighted by Gasteiger charge is 2.20. The second kappa shape index (κ2) is 7.79. The predicted octanol–water partition coefficient (Wildman–Crippen LogP) is 1.90. The number of amides is 1. The van der Waals surface area contributed by atoms with Gasteiger partial charge in [0.1, 0.15) is 5.75 Å². The van der Waals surface area contributed by atoms with Gasteiger partial charge in [0, 0.05) is 13.6 Å². The monoisotopic (exact) mass is 264 g/mol. The number of rotatable bonds is 7. The minimum atomic E-state index is -0.417. The summed E-state index contributed by atoms with van der Waals surface area (Å²) in [6, 6.07) is 9.25. The van der Waals surface area contributed by atoms with Crippen LogP contribution in [-0.2, 0) is 4.79 Å². The van der Waals surface area contributed by atoms with Gasteiger partial charge >= 0.3 is 0 Å². The van der Waals surface area contributed by atoms with Crippen LogP contribution in [0.4, 0.5) is 0 Å². The van der Waals surface area contributed by atoms with Crippen LogP contribution in [0.5, 0.6) is 5.75 Å². The topological polar surface area (TPSA) is 55.6 Å². The molecule has 2 N–H and O–H groups in total. The molecule has 4 nitrogen and oxygen atoms in total. The van der Waals surface area contributed by atoms with Gasteiger partial charge in [0.05, 0.1) is 12.6 Å². The SMILES string of the molecule is CC(C)[C@@H](N)C(=O)N(C)CCCOc1ccccc1. The van der Waals surface area contributed by atoms with Crippen LogP contribution < -0.4 is 10.5 Å². The minimum absolute atomic E-state index is 0.00490. The minimum Gasteiger partial charge on any atom is -0.494 e. The third kappa shape index (κ3) is 5.30. The van der Waals surface area contributed by atoms with Crippen molar-refractivity contribution >= 4 is 5.91 Å². The highest BCUT2D eigenvalue weighted by atomic mass is 16.5. The maximum atomic E-state index is 11.9. The van der Waals surface area contributed by atoms with E-state index in [2.05, 4.69) is 0 Å². The number of benzene rings is 1. The third-order valence-corrected chi connectivity index (χ3v) is 3.03. The zero-order valence-corrected chi connectivity index (χ0v) is 12.0. The van der Waals surface area contributed by atoms with Crippen LogP contribution in [0.25, 0.3) is 0 Å². The van der Waals surface area contributed by atoms with Gasteiger partial charge in [0.2, 0.25) is 5.91 Å². The Bertz CT molecular complexity index is 379. The van der Waals surface area contributed by atoms with Gasteiger partial charge in [0.25, 0.3) is 0 Å². The Hall–Kier alpha value is -1.55. The van der Waals surface area contributed by atoms with Gasteiger partial charge in [-0.05, 0) is 24.5 Å². The molecule has 1 rings (SSSR count). The number of nitrogens with two attached hydrogens (primary N) is 1. The summed E-state index contributed by atoms with van der Waals surface area (Å²) in [5, 5.41) is 0. The number of likely N-dealkylation sites (N-methyl/N-ethyl adjacent to an activating group) is 1.